The Hall–Kier alpha value is -2.32. The smallest absolute Gasteiger partial charge is 0.187 e. The molecule has 2 saturated carbocycles. The second-order valence-corrected chi connectivity index (χ2v) is 17.5. The summed E-state index contributed by atoms with van der Waals surface area (Å²) in [5.74, 6) is 0.278. The topological polar surface area (TPSA) is 109 Å². The van der Waals surface area contributed by atoms with Gasteiger partial charge in [-0.3, -0.25) is 9.59 Å². The van der Waals surface area contributed by atoms with Gasteiger partial charge in [0.2, 0.25) is 0 Å². The molecule has 7 heteroatoms. The number of H-pyrrole nitrogens is 1. The van der Waals surface area contributed by atoms with Crippen LogP contribution in [-0.2, 0) is 32.5 Å². The number of carbonyl (C=O) groups is 2. The molecule has 1 aromatic heterocycles. The Labute approximate surface area is 266 Å². The summed E-state index contributed by atoms with van der Waals surface area (Å²) in [6.45, 7) is 18.3. The highest BCUT2D eigenvalue weighted by Gasteiger charge is 2.71. The van der Waals surface area contributed by atoms with Gasteiger partial charge in [-0.25, -0.2) is 0 Å². The molecule has 3 heterocycles. The van der Waals surface area contributed by atoms with Gasteiger partial charge in [0.25, 0.3) is 0 Å². The summed E-state index contributed by atoms with van der Waals surface area (Å²) < 4.78 is 12.9. The summed E-state index contributed by atoms with van der Waals surface area (Å²) in [5, 5.41) is 24.6. The Kier molecular flexibility index (Phi) is 5.60. The Bertz CT molecular complexity index is 1740. The lowest BCUT2D eigenvalue weighted by atomic mass is 9.42. The van der Waals surface area contributed by atoms with E-state index in [4.69, 9.17) is 9.47 Å². The number of fused-ring (bicyclic) bond motifs is 12. The molecular formula is C38H49NO6. The maximum Gasteiger partial charge on any atom is 0.187 e. The number of rotatable bonds is 1. The lowest BCUT2D eigenvalue weighted by Crippen LogP contribution is -2.68. The lowest BCUT2D eigenvalue weighted by Gasteiger charge is -2.64. The highest BCUT2D eigenvalue weighted by atomic mass is 16.5. The van der Waals surface area contributed by atoms with Gasteiger partial charge in [0, 0.05) is 38.9 Å². The highest BCUT2D eigenvalue weighted by molar-refractivity contribution is 6.08. The first-order chi connectivity index (χ1) is 20.7. The molecule has 1 aromatic carbocycles. The summed E-state index contributed by atoms with van der Waals surface area (Å²) >= 11 is 0. The zero-order chi connectivity index (χ0) is 32.5. The first-order valence-electron chi connectivity index (χ1n) is 17.0. The summed E-state index contributed by atoms with van der Waals surface area (Å²) in [6.07, 6.45) is 4.76. The number of aromatic nitrogens is 1. The fourth-order valence-corrected chi connectivity index (χ4v) is 11.8. The van der Waals surface area contributed by atoms with Crippen LogP contribution in [0.1, 0.15) is 115 Å². The van der Waals surface area contributed by atoms with E-state index >= 15 is 0 Å². The van der Waals surface area contributed by atoms with E-state index in [1.165, 1.54) is 16.6 Å². The summed E-state index contributed by atoms with van der Waals surface area (Å²) in [6, 6.07) is 4.11. The molecule has 6 aliphatic rings. The van der Waals surface area contributed by atoms with Gasteiger partial charge >= 0.3 is 0 Å². The number of ketones is 2. The number of hydrogen-bond acceptors (Lipinski definition) is 6. The minimum atomic E-state index is -1.30. The van der Waals surface area contributed by atoms with Crippen LogP contribution >= 0.6 is 0 Å². The van der Waals surface area contributed by atoms with E-state index in [0.717, 1.165) is 42.3 Å². The van der Waals surface area contributed by atoms with Crippen LogP contribution in [0.4, 0.5) is 0 Å². The summed E-state index contributed by atoms with van der Waals surface area (Å²) in [5.41, 5.74) is 1.10. The third-order valence-electron chi connectivity index (χ3n) is 14.5. The number of nitrogens with one attached hydrogen (secondary N) is 1. The second-order valence-electron chi connectivity index (χ2n) is 17.5. The summed E-state index contributed by atoms with van der Waals surface area (Å²) in [7, 11) is 0. The van der Waals surface area contributed by atoms with E-state index in [1.54, 1.807) is 19.9 Å². The van der Waals surface area contributed by atoms with Crippen molar-refractivity contribution >= 4 is 22.5 Å². The quantitative estimate of drug-likeness (QED) is 0.368. The monoisotopic (exact) mass is 615 g/mol. The van der Waals surface area contributed by atoms with Gasteiger partial charge in [0.15, 0.2) is 11.6 Å². The molecule has 0 amide bonds. The van der Waals surface area contributed by atoms with Crippen LogP contribution in [0.5, 0.6) is 0 Å². The van der Waals surface area contributed by atoms with Crippen LogP contribution < -0.4 is 0 Å². The van der Waals surface area contributed by atoms with Crippen LogP contribution in [0.2, 0.25) is 0 Å². The van der Waals surface area contributed by atoms with Crippen molar-refractivity contribution in [2.45, 2.75) is 141 Å². The molecule has 0 radical (unpaired) electrons. The Balaban J connectivity index is 1.27. The van der Waals surface area contributed by atoms with Gasteiger partial charge in [0.1, 0.15) is 6.10 Å². The third-order valence-corrected chi connectivity index (χ3v) is 14.5. The van der Waals surface area contributed by atoms with Crippen LogP contribution in [0.3, 0.4) is 0 Å². The van der Waals surface area contributed by atoms with Crippen molar-refractivity contribution < 1.29 is 29.3 Å². The number of hydrogen-bond donors (Lipinski definition) is 3. The Morgan fingerprint density at radius 2 is 1.64 bits per heavy atom. The van der Waals surface area contributed by atoms with E-state index in [0.29, 0.717) is 24.3 Å². The SMILES string of the molecule is CC1(C)OC(C)(C)C2(C)C(=O)c3ccc4[nH]c5c(c4c3CC12)CC1CC[C@@]2(O)C3=CC(=O)[C@@H](C(C)(C)O)OC3CC[C@]2(C)[C@@]51C. The van der Waals surface area contributed by atoms with Gasteiger partial charge < -0.3 is 24.7 Å². The first kappa shape index (κ1) is 30.0. The maximum absolute atomic E-state index is 14.4. The molecule has 8 rings (SSSR count). The number of aliphatic hydroxyl groups is 2. The number of carbonyl (C=O) groups excluding carboxylic acids is 2. The molecule has 1 saturated heterocycles. The molecule has 0 bridgehead atoms. The molecule has 242 valence electrons. The molecule has 4 unspecified atom stereocenters. The molecule has 8 atom stereocenters. The van der Waals surface area contributed by atoms with Crippen molar-refractivity contribution in [2.24, 2.45) is 22.7 Å². The van der Waals surface area contributed by atoms with Gasteiger partial charge in [-0.2, -0.15) is 0 Å². The van der Waals surface area contributed by atoms with Crippen molar-refractivity contribution in [3.63, 3.8) is 0 Å². The average molecular weight is 616 g/mol. The molecule has 45 heavy (non-hydrogen) atoms. The van der Waals surface area contributed by atoms with Crippen LogP contribution in [0.15, 0.2) is 23.8 Å². The Morgan fingerprint density at radius 1 is 0.933 bits per heavy atom. The molecule has 4 aliphatic carbocycles. The van der Waals surface area contributed by atoms with Crippen molar-refractivity contribution in [1.29, 1.82) is 0 Å². The van der Waals surface area contributed by atoms with E-state index in [9.17, 15) is 19.8 Å². The fourth-order valence-electron chi connectivity index (χ4n) is 11.8. The first-order valence-corrected chi connectivity index (χ1v) is 17.0. The normalized spacial score (nSPS) is 42.8. The predicted molar refractivity (Wildman–Crippen MR) is 171 cm³/mol. The van der Waals surface area contributed by atoms with Crippen molar-refractivity contribution in [1.82, 2.24) is 4.98 Å². The van der Waals surface area contributed by atoms with Crippen LogP contribution in [-0.4, -0.2) is 61.4 Å². The molecule has 3 fully saturated rings. The van der Waals surface area contributed by atoms with Gasteiger partial charge in [-0.1, -0.05) is 13.8 Å². The van der Waals surface area contributed by atoms with Crippen molar-refractivity contribution in [3.8, 4) is 0 Å². The fraction of sp³-hybridized carbons (Fsp3) is 0.684. The van der Waals surface area contributed by atoms with Gasteiger partial charge in [-0.15, -0.1) is 0 Å². The molecule has 2 aromatic rings. The van der Waals surface area contributed by atoms with E-state index in [1.807, 2.05) is 6.07 Å². The van der Waals surface area contributed by atoms with Crippen LogP contribution in [0.25, 0.3) is 10.9 Å². The van der Waals surface area contributed by atoms with Crippen molar-refractivity contribution in [2.75, 3.05) is 0 Å². The molecule has 0 spiro atoms. The zero-order valence-electron chi connectivity index (χ0n) is 28.3. The molecular weight excluding hydrogens is 566 g/mol. The standard InChI is InChI=1S/C38H49NO6/c1-32(2,42)31-25(40)18-23-26(44-31)13-14-35(7)36(8)19(12-15-38(23,35)43)16-22-28-21-17-27-33(3,4)45-34(5,6)37(27,9)30(41)20(21)10-11-24(28)39-29(22)36/h10-11,18-19,26-27,31,39,42-43H,12-17H2,1-9H3/t19?,26?,27?,31-,35+,36+,37?,38+/m0/s1. The zero-order valence-corrected chi connectivity index (χ0v) is 28.3. The average Bonchev–Trinajstić information content (AvgIpc) is 3.49. The van der Waals surface area contributed by atoms with Gasteiger partial charge in [0.05, 0.1) is 33.9 Å². The van der Waals surface area contributed by atoms with Crippen LogP contribution in [0, 0.1) is 22.7 Å². The lowest BCUT2D eigenvalue weighted by molar-refractivity contribution is -0.195. The minimum absolute atomic E-state index is 0.0526. The maximum atomic E-state index is 14.4. The van der Waals surface area contributed by atoms with Gasteiger partial charge in [-0.05, 0) is 128 Å². The number of Topliss-reactive ketones (excluding diaryl/α,β-unsaturated/α-hetero) is 1. The molecule has 2 aliphatic heterocycles. The highest BCUT2D eigenvalue weighted by Crippen LogP contribution is 2.70. The van der Waals surface area contributed by atoms with E-state index in [2.05, 4.69) is 59.5 Å². The molecule has 7 nitrogen and oxygen atoms in total. The number of ether oxygens (including phenoxy) is 2. The summed E-state index contributed by atoms with van der Waals surface area (Å²) in [4.78, 5) is 31.6. The molecule has 3 N–H and O–H groups in total. The second kappa shape index (κ2) is 8.39. The van der Waals surface area contributed by atoms with E-state index < -0.39 is 45.4 Å². The Morgan fingerprint density at radius 3 is 2.33 bits per heavy atom. The number of aromatic amines is 1. The minimum Gasteiger partial charge on any atom is -0.387 e. The third kappa shape index (κ3) is 3.27. The van der Waals surface area contributed by atoms with E-state index in [-0.39, 0.29) is 22.9 Å². The predicted octanol–water partition coefficient (Wildman–Crippen LogP) is 5.91. The largest absolute Gasteiger partial charge is 0.387 e. The number of benzene rings is 1. The van der Waals surface area contributed by atoms with Crippen molar-refractivity contribution in [3.05, 3.63) is 46.2 Å².